The molecule has 8 heteroatoms. The maximum atomic E-state index is 12.7. The SMILES string of the molecule is Cc1ccc2c(COC(=O)c3cccc(S(=O)(=O)NCc4ccccc4)c3)cc(=O)oc2c1. The molecule has 0 aliphatic rings. The molecule has 0 amide bonds. The van der Waals surface area contributed by atoms with Crippen LogP contribution in [0.25, 0.3) is 11.0 Å². The molecule has 4 rings (SSSR count). The molecule has 0 radical (unpaired) electrons. The topological polar surface area (TPSA) is 103 Å². The minimum Gasteiger partial charge on any atom is -0.457 e. The first kappa shape index (κ1) is 22.4. The Morgan fingerprint density at radius 1 is 0.970 bits per heavy atom. The van der Waals surface area contributed by atoms with Gasteiger partial charge in [0.2, 0.25) is 10.0 Å². The zero-order valence-electron chi connectivity index (χ0n) is 17.8. The quantitative estimate of drug-likeness (QED) is 0.329. The minimum atomic E-state index is -3.83. The van der Waals surface area contributed by atoms with E-state index in [-0.39, 0.29) is 23.6 Å². The third-order valence-corrected chi connectivity index (χ3v) is 6.43. The number of fused-ring (bicyclic) bond motifs is 1. The van der Waals surface area contributed by atoms with Crippen LogP contribution in [0.3, 0.4) is 0 Å². The van der Waals surface area contributed by atoms with Crippen LogP contribution in [0.1, 0.15) is 27.0 Å². The van der Waals surface area contributed by atoms with Gasteiger partial charge in [0.1, 0.15) is 12.2 Å². The first-order valence-electron chi connectivity index (χ1n) is 10.2. The van der Waals surface area contributed by atoms with E-state index in [9.17, 15) is 18.0 Å². The molecule has 1 aromatic heterocycles. The Hall–Kier alpha value is -3.75. The average Bonchev–Trinajstić information content (AvgIpc) is 2.81. The highest BCUT2D eigenvalue weighted by Gasteiger charge is 2.17. The molecule has 0 aliphatic heterocycles. The number of aryl methyl sites for hydroxylation is 1. The predicted octanol–water partition coefficient (Wildman–Crippen LogP) is 3.94. The number of carbonyl (C=O) groups is 1. The Kier molecular flexibility index (Phi) is 6.39. The lowest BCUT2D eigenvalue weighted by molar-refractivity contribution is 0.0473. The molecule has 1 heterocycles. The fourth-order valence-electron chi connectivity index (χ4n) is 3.33. The summed E-state index contributed by atoms with van der Waals surface area (Å²) in [4.78, 5) is 24.4. The second-order valence-corrected chi connectivity index (χ2v) is 9.27. The molecule has 0 atom stereocenters. The van der Waals surface area contributed by atoms with Crippen molar-refractivity contribution >= 4 is 27.0 Å². The molecule has 168 valence electrons. The summed E-state index contributed by atoms with van der Waals surface area (Å²) in [5.74, 6) is -0.705. The summed E-state index contributed by atoms with van der Waals surface area (Å²) in [5, 5.41) is 0.662. The molecule has 0 saturated heterocycles. The lowest BCUT2D eigenvalue weighted by atomic mass is 10.1. The summed E-state index contributed by atoms with van der Waals surface area (Å²) in [6, 6.07) is 21.4. The lowest BCUT2D eigenvalue weighted by Crippen LogP contribution is -2.23. The van der Waals surface area contributed by atoms with Gasteiger partial charge >= 0.3 is 11.6 Å². The van der Waals surface area contributed by atoms with Crippen molar-refractivity contribution in [3.63, 3.8) is 0 Å². The zero-order valence-corrected chi connectivity index (χ0v) is 18.6. The molecule has 3 aromatic carbocycles. The van der Waals surface area contributed by atoms with Crippen LogP contribution in [-0.2, 0) is 27.9 Å². The van der Waals surface area contributed by atoms with Crippen LogP contribution in [0.5, 0.6) is 0 Å². The van der Waals surface area contributed by atoms with Crippen molar-refractivity contribution in [2.24, 2.45) is 0 Å². The molecule has 0 spiro atoms. The number of nitrogens with one attached hydrogen (secondary N) is 1. The van der Waals surface area contributed by atoms with Crippen LogP contribution >= 0.6 is 0 Å². The Labute approximate surface area is 190 Å². The third-order valence-electron chi connectivity index (χ3n) is 5.03. The molecule has 0 fully saturated rings. The van der Waals surface area contributed by atoms with Crippen molar-refractivity contribution < 1.29 is 22.4 Å². The van der Waals surface area contributed by atoms with E-state index >= 15 is 0 Å². The summed E-state index contributed by atoms with van der Waals surface area (Å²) >= 11 is 0. The van der Waals surface area contributed by atoms with Gasteiger partial charge in [-0.1, -0.05) is 48.5 Å². The van der Waals surface area contributed by atoms with Gasteiger partial charge in [-0.05, 0) is 42.3 Å². The van der Waals surface area contributed by atoms with Gasteiger partial charge in [0.25, 0.3) is 0 Å². The highest BCUT2D eigenvalue weighted by atomic mass is 32.2. The maximum absolute atomic E-state index is 12.7. The number of sulfonamides is 1. The van der Waals surface area contributed by atoms with E-state index in [1.807, 2.05) is 43.3 Å². The van der Waals surface area contributed by atoms with E-state index in [1.54, 1.807) is 12.1 Å². The van der Waals surface area contributed by atoms with Crippen LogP contribution in [0.2, 0.25) is 0 Å². The largest absolute Gasteiger partial charge is 0.457 e. The molecule has 0 unspecified atom stereocenters. The van der Waals surface area contributed by atoms with Gasteiger partial charge in [-0.2, -0.15) is 0 Å². The van der Waals surface area contributed by atoms with E-state index in [4.69, 9.17) is 9.15 Å². The van der Waals surface area contributed by atoms with Crippen molar-refractivity contribution in [3.05, 3.63) is 112 Å². The Morgan fingerprint density at radius 2 is 1.76 bits per heavy atom. The van der Waals surface area contributed by atoms with E-state index in [0.29, 0.717) is 16.5 Å². The van der Waals surface area contributed by atoms with Gasteiger partial charge in [0.15, 0.2) is 0 Å². The van der Waals surface area contributed by atoms with Gasteiger partial charge in [-0.25, -0.2) is 22.7 Å². The number of ether oxygens (including phenoxy) is 1. The molecule has 4 aromatic rings. The van der Waals surface area contributed by atoms with Crippen LogP contribution in [0.4, 0.5) is 0 Å². The van der Waals surface area contributed by atoms with Gasteiger partial charge in [-0.3, -0.25) is 0 Å². The fourth-order valence-corrected chi connectivity index (χ4v) is 4.39. The standard InChI is InChI=1S/C25H21NO6S/c1-17-10-11-22-20(14-24(27)32-23(22)12-17)16-31-25(28)19-8-5-9-21(13-19)33(29,30)26-15-18-6-3-2-4-7-18/h2-14,26H,15-16H2,1H3. The summed E-state index contributed by atoms with van der Waals surface area (Å²) in [6.45, 7) is 1.84. The Balaban J connectivity index is 1.49. The van der Waals surface area contributed by atoms with Gasteiger partial charge in [-0.15, -0.1) is 0 Å². The molecule has 0 bridgehead atoms. The minimum absolute atomic E-state index is 0.0471. The smallest absolute Gasteiger partial charge is 0.338 e. The number of rotatable bonds is 7. The monoisotopic (exact) mass is 463 g/mol. The second-order valence-electron chi connectivity index (χ2n) is 7.50. The molecule has 7 nitrogen and oxygen atoms in total. The third kappa shape index (κ3) is 5.36. The van der Waals surface area contributed by atoms with Crippen LogP contribution < -0.4 is 10.3 Å². The van der Waals surface area contributed by atoms with Crippen molar-refractivity contribution in [2.75, 3.05) is 0 Å². The second kappa shape index (κ2) is 9.40. The molecule has 33 heavy (non-hydrogen) atoms. The molecule has 0 saturated carbocycles. The van der Waals surface area contributed by atoms with Gasteiger partial charge < -0.3 is 9.15 Å². The molecule has 0 aliphatic carbocycles. The number of hydrogen-bond acceptors (Lipinski definition) is 6. The van der Waals surface area contributed by atoms with Gasteiger partial charge in [0.05, 0.1) is 10.5 Å². The summed E-state index contributed by atoms with van der Waals surface area (Å²) in [6.07, 6.45) is 0. The Bertz CT molecular complexity index is 1480. The normalized spacial score (nSPS) is 11.4. The predicted molar refractivity (Wildman–Crippen MR) is 123 cm³/mol. The lowest BCUT2D eigenvalue weighted by Gasteiger charge is -2.10. The highest BCUT2D eigenvalue weighted by Crippen LogP contribution is 2.20. The van der Waals surface area contributed by atoms with Crippen LogP contribution in [0, 0.1) is 6.92 Å². The maximum Gasteiger partial charge on any atom is 0.338 e. The Morgan fingerprint density at radius 3 is 2.55 bits per heavy atom. The van der Waals surface area contributed by atoms with Crippen molar-refractivity contribution in [1.29, 1.82) is 0 Å². The molecular formula is C25H21NO6S. The summed E-state index contributed by atoms with van der Waals surface area (Å²) in [7, 11) is -3.83. The molecule has 1 N–H and O–H groups in total. The first-order chi connectivity index (χ1) is 15.8. The van der Waals surface area contributed by atoms with E-state index in [0.717, 1.165) is 11.1 Å². The summed E-state index contributed by atoms with van der Waals surface area (Å²) < 4.78 is 38.4. The number of benzene rings is 3. The number of hydrogen-bond donors (Lipinski definition) is 1. The first-order valence-corrected chi connectivity index (χ1v) is 11.6. The molecular weight excluding hydrogens is 442 g/mol. The van der Waals surface area contributed by atoms with Crippen molar-refractivity contribution in [2.45, 2.75) is 25.0 Å². The van der Waals surface area contributed by atoms with E-state index < -0.39 is 21.6 Å². The number of esters is 1. The highest BCUT2D eigenvalue weighted by molar-refractivity contribution is 7.89. The van der Waals surface area contributed by atoms with Crippen molar-refractivity contribution in [3.8, 4) is 0 Å². The van der Waals surface area contributed by atoms with Crippen LogP contribution in [-0.4, -0.2) is 14.4 Å². The summed E-state index contributed by atoms with van der Waals surface area (Å²) in [5.41, 5.74) is 2.19. The van der Waals surface area contributed by atoms with Crippen molar-refractivity contribution in [1.82, 2.24) is 4.72 Å². The van der Waals surface area contributed by atoms with Crippen LogP contribution in [0.15, 0.2) is 93.0 Å². The zero-order chi connectivity index (χ0) is 23.4. The average molecular weight is 464 g/mol. The number of carbonyl (C=O) groups excluding carboxylic acids is 1. The van der Waals surface area contributed by atoms with E-state index in [1.165, 1.54) is 30.3 Å². The fraction of sp³-hybridized carbons (Fsp3) is 0.120. The van der Waals surface area contributed by atoms with Gasteiger partial charge in [0, 0.05) is 23.6 Å². The van der Waals surface area contributed by atoms with E-state index in [2.05, 4.69) is 4.72 Å².